The van der Waals surface area contributed by atoms with Gasteiger partial charge in [0.2, 0.25) is 5.91 Å². The van der Waals surface area contributed by atoms with Crippen LogP contribution < -0.4 is 10.5 Å². The third kappa shape index (κ3) is 3.99. The zero-order chi connectivity index (χ0) is 21.8. The highest BCUT2D eigenvalue weighted by Gasteiger charge is 2.36. The molecular weight excluding hydrogens is 477 g/mol. The fourth-order valence-corrected chi connectivity index (χ4v) is 6.59. The second-order valence-electron chi connectivity index (χ2n) is 8.80. The second kappa shape index (κ2) is 8.84. The number of carbonyl (C=O) groups excluding carboxylic acids is 1. The summed E-state index contributed by atoms with van der Waals surface area (Å²) in [7, 11) is 0. The fourth-order valence-electron chi connectivity index (χ4n) is 5.38. The van der Waals surface area contributed by atoms with Crippen molar-refractivity contribution >= 4 is 53.1 Å². The number of para-hydroxylation sites is 1. The molecule has 2 aromatic carbocycles. The minimum absolute atomic E-state index is 0. The molecule has 1 aromatic heterocycles. The normalized spacial score (nSPS) is 20.8. The van der Waals surface area contributed by atoms with E-state index in [4.69, 9.17) is 11.6 Å². The number of pyridine rings is 1. The van der Waals surface area contributed by atoms with Crippen molar-refractivity contribution in [2.24, 2.45) is 5.92 Å². The van der Waals surface area contributed by atoms with Gasteiger partial charge in [-0.1, -0.05) is 41.6 Å². The Morgan fingerprint density at radius 1 is 0.970 bits per heavy atom. The van der Waals surface area contributed by atoms with E-state index in [9.17, 15) is 9.59 Å². The number of likely N-dealkylation sites (tertiary alicyclic amines) is 1. The Hall–Kier alpha value is -2.25. The van der Waals surface area contributed by atoms with Crippen LogP contribution in [0, 0.1) is 5.92 Å². The average molecular weight is 500 g/mol. The molecule has 0 aliphatic carbocycles. The lowest BCUT2D eigenvalue weighted by Crippen LogP contribution is -2.50. The molecule has 2 bridgehead atoms. The van der Waals surface area contributed by atoms with Crippen molar-refractivity contribution < 1.29 is 4.79 Å². The lowest BCUT2D eigenvalue weighted by Gasteiger charge is -2.43. The third-order valence-corrected chi connectivity index (χ3v) is 8.02. The molecule has 0 N–H and O–H groups in total. The monoisotopic (exact) mass is 499 g/mol. The second-order valence-corrected chi connectivity index (χ2v) is 10.3. The van der Waals surface area contributed by atoms with Crippen LogP contribution in [0.25, 0.3) is 0 Å². The van der Waals surface area contributed by atoms with E-state index in [0.717, 1.165) is 52.9 Å². The summed E-state index contributed by atoms with van der Waals surface area (Å²) in [6.07, 6.45) is 1.08. The smallest absolute Gasteiger partial charge is 0.250 e. The van der Waals surface area contributed by atoms with Crippen LogP contribution in [-0.2, 0) is 11.3 Å². The molecular formula is C25H23Cl2N3O2S. The number of hydrogen-bond acceptors (Lipinski definition) is 4. The highest BCUT2D eigenvalue weighted by molar-refractivity contribution is 7.99. The molecule has 1 fully saturated rings. The lowest BCUT2D eigenvalue weighted by molar-refractivity contribution is -0.119. The summed E-state index contributed by atoms with van der Waals surface area (Å²) in [5.41, 5.74) is 2.94. The van der Waals surface area contributed by atoms with Gasteiger partial charge in [-0.25, -0.2) is 0 Å². The van der Waals surface area contributed by atoms with Crippen LogP contribution in [0.15, 0.2) is 75.2 Å². The highest BCUT2D eigenvalue weighted by Crippen LogP contribution is 2.49. The molecule has 0 saturated carbocycles. The number of rotatable bonds is 2. The Balaban J connectivity index is 0.00000228. The van der Waals surface area contributed by atoms with E-state index >= 15 is 0 Å². The summed E-state index contributed by atoms with van der Waals surface area (Å²) in [6, 6.07) is 19.3. The van der Waals surface area contributed by atoms with E-state index in [1.165, 1.54) is 0 Å². The van der Waals surface area contributed by atoms with Gasteiger partial charge in [0.1, 0.15) is 0 Å². The molecule has 2 atom stereocenters. The first-order valence-electron chi connectivity index (χ1n) is 10.9. The average Bonchev–Trinajstić information content (AvgIpc) is 2.78. The molecule has 0 spiro atoms. The standard InChI is InChI=1S/C25H22ClN3O2S.ClH/c26-18-8-9-23-21(11-18)29(20-4-1-2-6-22(20)32-23)25(31)15-27-12-16-10-17(14-27)19-5-3-7-24(30)28(19)13-16;/h1-9,11,16-17H,10,12-15H2;1H/t16-,17-;/m0./s1. The molecule has 3 aliphatic heterocycles. The van der Waals surface area contributed by atoms with Gasteiger partial charge in [-0.05, 0) is 48.7 Å². The number of nitrogens with zero attached hydrogens (tertiary/aromatic N) is 3. The zero-order valence-corrected chi connectivity index (χ0v) is 20.2. The number of aromatic nitrogens is 1. The summed E-state index contributed by atoms with van der Waals surface area (Å²) in [5, 5.41) is 0.621. The third-order valence-electron chi connectivity index (χ3n) is 6.65. The first-order valence-corrected chi connectivity index (χ1v) is 12.1. The molecule has 3 aromatic rings. The maximum atomic E-state index is 13.7. The van der Waals surface area contributed by atoms with Gasteiger partial charge in [-0.3, -0.25) is 19.4 Å². The van der Waals surface area contributed by atoms with Gasteiger partial charge in [0, 0.05) is 52.1 Å². The Morgan fingerprint density at radius 3 is 2.67 bits per heavy atom. The van der Waals surface area contributed by atoms with E-state index < -0.39 is 0 Å². The van der Waals surface area contributed by atoms with Crippen molar-refractivity contribution in [1.82, 2.24) is 9.47 Å². The lowest BCUT2D eigenvalue weighted by atomic mass is 9.83. The van der Waals surface area contributed by atoms with E-state index in [-0.39, 0.29) is 29.8 Å². The first-order chi connectivity index (χ1) is 15.6. The Labute approximate surface area is 207 Å². The van der Waals surface area contributed by atoms with Crippen LogP contribution in [0.2, 0.25) is 5.02 Å². The minimum Gasteiger partial charge on any atom is -0.312 e. The van der Waals surface area contributed by atoms with Gasteiger partial charge in [-0.15, -0.1) is 12.4 Å². The summed E-state index contributed by atoms with van der Waals surface area (Å²) in [6.45, 7) is 2.70. The number of amides is 1. The van der Waals surface area contributed by atoms with Crippen molar-refractivity contribution in [3.63, 3.8) is 0 Å². The first kappa shape index (κ1) is 22.5. The Morgan fingerprint density at radius 2 is 1.79 bits per heavy atom. The maximum Gasteiger partial charge on any atom is 0.250 e. The van der Waals surface area contributed by atoms with E-state index in [2.05, 4.69) is 17.0 Å². The van der Waals surface area contributed by atoms with Gasteiger partial charge >= 0.3 is 0 Å². The molecule has 6 rings (SSSR count). The Bertz CT molecular complexity index is 1290. The molecule has 8 heteroatoms. The summed E-state index contributed by atoms with van der Waals surface area (Å²) in [4.78, 5) is 32.2. The maximum absolute atomic E-state index is 13.7. The van der Waals surface area contributed by atoms with E-state index in [1.807, 2.05) is 51.9 Å². The SMILES string of the molecule is Cl.O=C(CN1C[C@@H]2C[C@@H](C1)c1cccc(=O)n1C2)N1c2ccccc2Sc2ccc(Cl)cc21. The van der Waals surface area contributed by atoms with Gasteiger partial charge in [0.05, 0.1) is 17.9 Å². The molecule has 5 nitrogen and oxygen atoms in total. The number of benzene rings is 2. The summed E-state index contributed by atoms with van der Waals surface area (Å²) in [5.74, 6) is 0.724. The number of anilines is 2. The van der Waals surface area contributed by atoms with Crippen molar-refractivity contribution in [1.29, 1.82) is 0 Å². The number of piperidine rings is 1. The zero-order valence-electron chi connectivity index (χ0n) is 17.8. The molecule has 0 radical (unpaired) electrons. The number of hydrogen-bond donors (Lipinski definition) is 0. The Kier molecular flexibility index (Phi) is 6.04. The molecule has 1 amide bonds. The van der Waals surface area contributed by atoms with Crippen LogP contribution in [0.4, 0.5) is 11.4 Å². The van der Waals surface area contributed by atoms with Crippen molar-refractivity contribution in [2.45, 2.75) is 28.7 Å². The highest BCUT2D eigenvalue weighted by atomic mass is 35.5. The van der Waals surface area contributed by atoms with Crippen LogP contribution in [0.1, 0.15) is 18.0 Å². The van der Waals surface area contributed by atoms with E-state index in [0.29, 0.717) is 17.5 Å². The van der Waals surface area contributed by atoms with Gasteiger partial charge in [-0.2, -0.15) is 0 Å². The van der Waals surface area contributed by atoms with Crippen molar-refractivity contribution in [3.8, 4) is 0 Å². The van der Waals surface area contributed by atoms with Gasteiger partial charge in [0.25, 0.3) is 5.56 Å². The molecule has 33 heavy (non-hydrogen) atoms. The van der Waals surface area contributed by atoms with Crippen molar-refractivity contribution in [3.05, 3.63) is 81.7 Å². The molecule has 3 aliphatic rings. The number of carbonyl (C=O) groups is 1. The topological polar surface area (TPSA) is 45.6 Å². The molecule has 170 valence electrons. The quantitative estimate of drug-likeness (QED) is 0.487. The number of fused-ring (bicyclic) bond motifs is 6. The molecule has 4 heterocycles. The largest absolute Gasteiger partial charge is 0.312 e. The number of halogens is 2. The summed E-state index contributed by atoms with van der Waals surface area (Å²) >= 11 is 7.97. The molecule has 0 unspecified atom stereocenters. The van der Waals surface area contributed by atoms with Crippen LogP contribution in [0.3, 0.4) is 0 Å². The minimum atomic E-state index is 0. The predicted octanol–water partition coefficient (Wildman–Crippen LogP) is 5.17. The fraction of sp³-hybridized carbons (Fsp3) is 0.280. The summed E-state index contributed by atoms with van der Waals surface area (Å²) < 4.78 is 1.92. The van der Waals surface area contributed by atoms with Crippen molar-refractivity contribution in [2.75, 3.05) is 24.5 Å². The molecule has 1 saturated heterocycles. The van der Waals surface area contributed by atoms with Crippen LogP contribution in [0.5, 0.6) is 0 Å². The predicted molar refractivity (Wildman–Crippen MR) is 134 cm³/mol. The van der Waals surface area contributed by atoms with Gasteiger partial charge < -0.3 is 4.57 Å². The van der Waals surface area contributed by atoms with Crippen LogP contribution >= 0.6 is 35.8 Å². The van der Waals surface area contributed by atoms with Gasteiger partial charge in [0.15, 0.2) is 0 Å². The van der Waals surface area contributed by atoms with Crippen LogP contribution in [-0.4, -0.2) is 35.0 Å². The van der Waals surface area contributed by atoms with E-state index in [1.54, 1.807) is 17.8 Å².